The van der Waals surface area contributed by atoms with Gasteiger partial charge in [-0.3, -0.25) is 9.48 Å². The predicted octanol–water partition coefficient (Wildman–Crippen LogP) is 1.70. The number of carbonyl (C=O) groups excluding carboxylic acids is 1. The van der Waals surface area contributed by atoms with Gasteiger partial charge in [0.15, 0.2) is 0 Å². The highest BCUT2D eigenvalue weighted by Crippen LogP contribution is 2.32. The van der Waals surface area contributed by atoms with Crippen molar-refractivity contribution in [2.75, 3.05) is 0 Å². The van der Waals surface area contributed by atoms with Crippen molar-refractivity contribution in [3.8, 4) is 0 Å². The van der Waals surface area contributed by atoms with Crippen LogP contribution >= 0.6 is 0 Å². The second-order valence-corrected chi connectivity index (χ2v) is 6.59. The number of fused-ring (bicyclic) bond motifs is 1. The molecule has 4 unspecified atom stereocenters. The monoisotopic (exact) mass is 290 g/mol. The van der Waals surface area contributed by atoms with Crippen LogP contribution in [0.5, 0.6) is 0 Å². The number of hydrogen-bond donors (Lipinski definition) is 2. The summed E-state index contributed by atoms with van der Waals surface area (Å²) in [5.41, 5.74) is 0. The Bertz CT molecular complexity index is 459. The lowest BCUT2D eigenvalue weighted by Gasteiger charge is -2.40. The molecule has 1 aromatic rings. The van der Waals surface area contributed by atoms with Gasteiger partial charge < -0.3 is 10.6 Å². The lowest BCUT2D eigenvalue weighted by Crippen LogP contribution is -2.56. The van der Waals surface area contributed by atoms with Crippen molar-refractivity contribution in [3.05, 3.63) is 18.5 Å². The second-order valence-electron chi connectivity index (χ2n) is 6.59. The van der Waals surface area contributed by atoms with E-state index in [1.165, 1.54) is 32.1 Å². The van der Waals surface area contributed by atoms with Gasteiger partial charge in [0.1, 0.15) is 0 Å². The molecule has 1 amide bonds. The minimum absolute atomic E-state index is 0.00979. The molecule has 2 aliphatic rings. The van der Waals surface area contributed by atoms with Crippen LogP contribution in [0.2, 0.25) is 0 Å². The third kappa shape index (κ3) is 3.64. The maximum absolute atomic E-state index is 12.4. The summed E-state index contributed by atoms with van der Waals surface area (Å²) >= 11 is 0. The molecule has 0 spiro atoms. The molecule has 3 rings (SSSR count). The molecule has 2 N–H and O–H groups in total. The Kier molecular flexibility index (Phi) is 4.58. The van der Waals surface area contributed by atoms with E-state index >= 15 is 0 Å². The number of aromatic nitrogens is 2. The van der Waals surface area contributed by atoms with Crippen LogP contribution in [-0.2, 0) is 11.3 Å². The van der Waals surface area contributed by atoms with E-state index in [4.69, 9.17) is 0 Å². The molecule has 5 nitrogen and oxygen atoms in total. The van der Waals surface area contributed by atoms with Crippen molar-refractivity contribution >= 4 is 5.91 Å². The Morgan fingerprint density at radius 2 is 2.24 bits per heavy atom. The van der Waals surface area contributed by atoms with Crippen molar-refractivity contribution in [3.63, 3.8) is 0 Å². The first kappa shape index (κ1) is 14.6. The first-order chi connectivity index (χ1) is 10.2. The van der Waals surface area contributed by atoms with Crippen molar-refractivity contribution in [2.45, 2.75) is 70.1 Å². The lowest BCUT2D eigenvalue weighted by atomic mass is 9.77. The van der Waals surface area contributed by atoms with Crippen LogP contribution in [0.3, 0.4) is 0 Å². The van der Waals surface area contributed by atoms with Gasteiger partial charge in [0.05, 0.1) is 12.6 Å². The zero-order chi connectivity index (χ0) is 14.7. The van der Waals surface area contributed by atoms with E-state index in [9.17, 15) is 4.79 Å². The van der Waals surface area contributed by atoms with Gasteiger partial charge in [-0.05, 0) is 44.6 Å². The van der Waals surface area contributed by atoms with Crippen LogP contribution in [0.1, 0.15) is 45.4 Å². The highest BCUT2D eigenvalue weighted by Gasteiger charge is 2.34. The summed E-state index contributed by atoms with van der Waals surface area (Å²) in [5, 5.41) is 10.9. The minimum Gasteiger partial charge on any atom is -0.350 e. The van der Waals surface area contributed by atoms with Crippen LogP contribution in [-0.4, -0.2) is 33.8 Å². The molecule has 2 heterocycles. The fourth-order valence-corrected chi connectivity index (χ4v) is 3.78. The van der Waals surface area contributed by atoms with E-state index in [-0.39, 0.29) is 18.0 Å². The van der Waals surface area contributed by atoms with Gasteiger partial charge in [0, 0.05) is 24.5 Å². The summed E-state index contributed by atoms with van der Waals surface area (Å²) in [4.78, 5) is 12.4. The quantitative estimate of drug-likeness (QED) is 0.887. The Balaban J connectivity index is 1.48. The van der Waals surface area contributed by atoms with E-state index in [0.29, 0.717) is 6.04 Å². The summed E-state index contributed by atoms with van der Waals surface area (Å²) in [5.74, 6) is 0.947. The zero-order valence-corrected chi connectivity index (χ0v) is 12.8. The second kappa shape index (κ2) is 6.60. The molecule has 21 heavy (non-hydrogen) atoms. The van der Waals surface area contributed by atoms with E-state index in [0.717, 1.165) is 18.9 Å². The van der Waals surface area contributed by atoms with E-state index < -0.39 is 0 Å². The third-order valence-electron chi connectivity index (χ3n) is 4.88. The Morgan fingerprint density at radius 3 is 3.05 bits per heavy atom. The Morgan fingerprint density at radius 1 is 1.38 bits per heavy atom. The largest absolute Gasteiger partial charge is 0.350 e. The maximum atomic E-state index is 12.4. The standard InChI is InChI=1S/C16H26N4O/c1-12(11-20-10-4-9-17-20)18-16(21)15-8-7-13-5-2-3-6-14(13)19-15/h4,9-10,12-15,19H,2-3,5-8,11H2,1H3,(H,18,21). The number of carbonyl (C=O) groups is 1. The molecule has 5 heteroatoms. The van der Waals surface area contributed by atoms with E-state index in [1.54, 1.807) is 6.20 Å². The number of amides is 1. The molecular formula is C16H26N4O. The first-order valence-electron chi connectivity index (χ1n) is 8.26. The molecule has 1 aliphatic carbocycles. The molecule has 1 aromatic heterocycles. The molecule has 1 saturated carbocycles. The molecule has 0 radical (unpaired) electrons. The average molecular weight is 290 g/mol. The van der Waals surface area contributed by atoms with Gasteiger partial charge in [-0.15, -0.1) is 0 Å². The van der Waals surface area contributed by atoms with Gasteiger partial charge in [-0.2, -0.15) is 5.10 Å². The SMILES string of the molecule is CC(Cn1cccn1)NC(=O)C1CCC2CCCCC2N1. The molecule has 0 aromatic carbocycles. The van der Waals surface area contributed by atoms with Crippen LogP contribution in [0, 0.1) is 5.92 Å². The number of rotatable bonds is 4. The van der Waals surface area contributed by atoms with Gasteiger partial charge >= 0.3 is 0 Å². The Labute approximate surface area is 126 Å². The van der Waals surface area contributed by atoms with Crippen molar-refractivity contribution in [1.82, 2.24) is 20.4 Å². The third-order valence-corrected chi connectivity index (χ3v) is 4.88. The maximum Gasteiger partial charge on any atom is 0.237 e. The van der Waals surface area contributed by atoms with E-state index in [1.807, 2.05) is 23.9 Å². The number of nitrogens with one attached hydrogen (secondary N) is 2. The smallest absolute Gasteiger partial charge is 0.237 e. The summed E-state index contributed by atoms with van der Waals surface area (Å²) < 4.78 is 1.86. The molecule has 4 atom stereocenters. The minimum atomic E-state index is -0.00979. The molecule has 0 bridgehead atoms. The predicted molar refractivity (Wildman–Crippen MR) is 81.7 cm³/mol. The highest BCUT2D eigenvalue weighted by molar-refractivity contribution is 5.82. The molecule has 1 saturated heterocycles. The average Bonchev–Trinajstić information content (AvgIpc) is 2.99. The van der Waals surface area contributed by atoms with E-state index in [2.05, 4.69) is 15.7 Å². The van der Waals surface area contributed by atoms with Gasteiger partial charge in [-0.1, -0.05) is 12.8 Å². The number of piperidine rings is 1. The highest BCUT2D eigenvalue weighted by atomic mass is 16.2. The first-order valence-corrected chi connectivity index (χ1v) is 8.26. The number of hydrogen-bond acceptors (Lipinski definition) is 3. The summed E-state index contributed by atoms with van der Waals surface area (Å²) in [7, 11) is 0. The van der Waals surface area contributed by atoms with Crippen molar-refractivity contribution in [1.29, 1.82) is 0 Å². The normalized spacial score (nSPS) is 30.4. The van der Waals surface area contributed by atoms with Gasteiger partial charge in [0.25, 0.3) is 0 Å². The summed E-state index contributed by atoms with van der Waals surface area (Å²) in [6.07, 6.45) is 11.1. The topological polar surface area (TPSA) is 59.0 Å². The molecular weight excluding hydrogens is 264 g/mol. The van der Waals surface area contributed by atoms with Crippen molar-refractivity contribution < 1.29 is 4.79 Å². The van der Waals surface area contributed by atoms with Crippen molar-refractivity contribution in [2.24, 2.45) is 5.92 Å². The summed E-state index contributed by atoms with van der Waals surface area (Å²) in [6.45, 7) is 2.75. The van der Waals surface area contributed by atoms with Gasteiger partial charge in [0.2, 0.25) is 5.91 Å². The fourth-order valence-electron chi connectivity index (χ4n) is 3.78. The van der Waals surface area contributed by atoms with Crippen LogP contribution in [0.4, 0.5) is 0 Å². The zero-order valence-electron chi connectivity index (χ0n) is 12.8. The number of nitrogens with zero attached hydrogens (tertiary/aromatic N) is 2. The lowest BCUT2D eigenvalue weighted by molar-refractivity contribution is -0.125. The molecule has 116 valence electrons. The molecule has 2 fully saturated rings. The summed E-state index contributed by atoms with van der Waals surface area (Å²) in [6, 6.07) is 2.55. The Hall–Kier alpha value is -1.36. The van der Waals surface area contributed by atoms with Crippen LogP contribution in [0.25, 0.3) is 0 Å². The fraction of sp³-hybridized carbons (Fsp3) is 0.750. The van der Waals surface area contributed by atoms with Gasteiger partial charge in [-0.25, -0.2) is 0 Å². The van der Waals surface area contributed by atoms with Crippen LogP contribution < -0.4 is 10.6 Å². The molecule has 1 aliphatic heterocycles. The van der Waals surface area contributed by atoms with Crippen LogP contribution in [0.15, 0.2) is 18.5 Å².